The molecule has 3 heteroatoms. The summed E-state index contributed by atoms with van der Waals surface area (Å²) in [6.07, 6.45) is 6.00. The zero-order valence-electron chi connectivity index (χ0n) is 10.00. The summed E-state index contributed by atoms with van der Waals surface area (Å²) in [5.41, 5.74) is 0. The molecule has 0 spiro atoms. The van der Waals surface area contributed by atoms with E-state index in [2.05, 4.69) is 26.5 Å². The number of unbranched alkanes of at least 4 members (excludes halogenated alkanes) is 2. The van der Waals surface area contributed by atoms with Gasteiger partial charge in [0.15, 0.2) is 0 Å². The maximum absolute atomic E-state index is 11.1. The van der Waals surface area contributed by atoms with Gasteiger partial charge < -0.3 is 4.74 Å². The predicted octanol–water partition coefficient (Wildman–Crippen LogP) is 3.46. The Morgan fingerprint density at radius 1 is 1.20 bits per heavy atom. The van der Waals surface area contributed by atoms with Crippen LogP contribution in [-0.4, -0.2) is 18.3 Å². The Labute approximate surface area is 99.2 Å². The summed E-state index contributed by atoms with van der Waals surface area (Å²) in [5.74, 6) is 1.46. The first kappa shape index (κ1) is 14.8. The average molecular weight is 232 g/mol. The quantitative estimate of drug-likeness (QED) is 0.374. The Morgan fingerprint density at radius 2 is 1.93 bits per heavy atom. The van der Waals surface area contributed by atoms with Crippen molar-refractivity contribution in [2.45, 2.75) is 52.4 Å². The van der Waals surface area contributed by atoms with Gasteiger partial charge in [0.1, 0.15) is 0 Å². The summed E-state index contributed by atoms with van der Waals surface area (Å²) in [7, 11) is 0. The van der Waals surface area contributed by atoms with Crippen molar-refractivity contribution < 1.29 is 9.53 Å². The van der Waals surface area contributed by atoms with E-state index in [1.54, 1.807) is 0 Å². The maximum Gasteiger partial charge on any atom is 0.305 e. The molecular formula is C12H24O2S. The normalized spacial score (nSPS) is 10.7. The molecule has 0 N–H and O–H groups in total. The van der Waals surface area contributed by atoms with E-state index in [4.69, 9.17) is 4.74 Å². The van der Waals surface area contributed by atoms with E-state index in [1.807, 2.05) is 0 Å². The van der Waals surface area contributed by atoms with Crippen LogP contribution in [-0.2, 0) is 9.53 Å². The van der Waals surface area contributed by atoms with Gasteiger partial charge in [-0.3, -0.25) is 4.79 Å². The van der Waals surface area contributed by atoms with Crippen molar-refractivity contribution in [2.75, 3.05) is 12.4 Å². The number of carbonyl (C=O) groups excluding carboxylic acids is 1. The lowest BCUT2D eigenvalue weighted by Gasteiger charge is -2.05. The molecule has 0 rings (SSSR count). The number of carbonyl (C=O) groups is 1. The van der Waals surface area contributed by atoms with Crippen LogP contribution in [0.2, 0.25) is 0 Å². The summed E-state index contributed by atoms with van der Waals surface area (Å²) >= 11 is 4.04. The molecule has 0 aliphatic carbocycles. The van der Waals surface area contributed by atoms with E-state index in [9.17, 15) is 4.79 Å². The molecule has 0 unspecified atom stereocenters. The van der Waals surface area contributed by atoms with Gasteiger partial charge in [-0.25, -0.2) is 0 Å². The molecule has 0 aliphatic heterocycles. The van der Waals surface area contributed by atoms with Crippen molar-refractivity contribution in [3.63, 3.8) is 0 Å². The van der Waals surface area contributed by atoms with E-state index in [0.717, 1.165) is 30.9 Å². The van der Waals surface area contributed by atoms with Gasteiger partial charge in [0, 0.05) is 6.42 Å². The highest BCUT2D eigenvalue weighted by Gasteiger charge is 2.01. The van der Waals surface area contributed by atoms with Crippen molar-refractivity contribution in [1.82, 2.24) is 0 Å². The molecule has 0 saturated heterocycles. The molecule has 0 aromatic heterocycles. The number of hydrogen-bond acceptors (Lipinski definition) is 3. The number of thiol groups is 1. The first-order chi connectivity index (χ1) is 7.16. The zero-order chi connectivity index (χ0) is 11.5. The number of ether oxygens (including phenoxy) is 1. The highest BCUT2D eigenvalue weighted by atomic mass is 32.1. The Morgan fingerprint density at radius 3 is 2.53 bits per heavy atom. The van der Waals surface area contributed by atoms with E-state index in [1.165, 1.54) is 12.8 Å². The summed E-state index contributed by atoms with van der Waals surface area (Å²) in [4.78, 5) is 11.1. The standard InChI is InChI=1S/C12H24O2S/c1-11(2)7-4-3-5-9-14-12(13)8-6-10-15/h11,15H,3-10H2,1-2H3. The zero-order valence-corrected chi connectivity index (χ0v) is 10.9. The molecule has 0 saturated carbocycles. The maximum atomic E-state index is 11.1. The Kier molecular flexibility index (Phi) is 10.2. The second-order valence-electron chi connectivity index (χ2n) is 4.29. The second kappa shape index (κ2) is 10.3. The third-order valence-electron chi connectivity index (χ3n) is 2.23. The first-order valence-electron chi connectivity index (χ1n) is 5.93. The minimum Gasteiger partial charge on any atom is -0.466 e. The smallest absolute Gasteiger partial charge is 0.305 e. The van der Waals surface area contributed by atoms with Gasteiger partial charge >= 0.3 is 5.97 Å². The van der Waals surface area contributed by atoms with Gasteiger partial charge in [0.25, 0.3) is 0 Å². The summed E-state index contributed by atoms with van der Waals surface area (Å²) < 4.78 is 5.08. The second-order valence-corrected chi connectivity index (χ2v) is 4.74. The molecule has 0 bridgehead atoms. The van der Waals surface area contributed by atoms with Crippen LogP contribution in [0, 0.1) is 5.92 Å². The van der Waals surface area contributed by atoms with Crippen molar-refractivity contribution in [3.8, 4) is 0 Å². The van der Waals surface area contributed by atoms with E-state index < -0.39 is 0 Å². The van der Waals surface area contributed by atoms with E-state index in [-0.39, 0.29) is 5.97 Å². The van der Waals surface area contributed by atoms with Crippen molar-refractivity contribution in [1.29, 1.82) is 0 Å². The van der Waals surface area contributed by atoms with Gasteiger partial charge in [-0.05, 0) is 24.5 Å². The molecule has 0 aliphatic rings. The van der Waals surface area contributed by atoms with Crippen molar-refractivity contribution >= 4 is 18.6 Å². The number of esters is 1. The fourth-order valence-electron chi connectivity index (χ4n) is 1.31. The molecular weight excluding hydrogens is 208 g/mol. The molecule has 0 fully saturated rings. The molecule has 90 valence electrons. The fraction of sp³-hybridized carbons (Fsp3) is 0.917. The third kappa shape index (κ3) is 11.7. The molecule has 2 nitrogen and oxygen atoms in total. The average Bonchev–Trinajstić information content (AvgIpc) is 2.19. The van der Waals surface area contributed by atoms with Crippen molar-refractivity contribution in [2.24, 2.45) is 5.92 Å². The monoisotopic (exact) mass is 232 g/mol. The molecule has 0 heterocycles. The Bertz CT molecular complexity index is 158. The predicted molar refractivity (Wildman–Crippen MR) is 67.4 cm³/mol. The molecule has 0 atom stereocenters. The molecule has 0 radical (unpaired) electrons. The van der Waals surface area contributed by atoms with Gasteiger partial charge in [-0.1, -0.05) is 33.1 Å². The highest BCUT2D eigenvalue weighted by molar-refractivity contribution is 7.80. The summed E-state index contributed by atoms with van der Waals surface area (Å²) in [6, 6.07) is 0. The van der Waals surface area contributed by atoms with Crippen LogP contribution in [0.15, 0.2) is 0 Å². The lowest BCUT2D eigenvalue weighted by Crippen LogP contribution is -2.05. The SMILES string of the molecule is CC(C)CCCCCOC(=O)CCCS. The third-order valence-corrected chi connectivity index (χ3v) is 2.54. The molecule has 0 aromatic carbocycles. The van der Waals surface area contributed by atoms with Crippen LogP contribution in [0.3, 0.4) is 0 Å². The van der Waals surface area contributed by atoms with Crippen LogP contribution in [0.5, 0.6) is 0 Å². The van der Waals surface area contributed by atoms with Gasteiger partial charge in [0.2, 0.25) is 0 Å². The van der Waals surface area contributed by atoms with Crippen molar-refractivity contribution in [3.05, 3.63) is 0 Å². The molecule has 0 aromatic rings. The largest absolute Gasteiger partial charge is 0.466 e. The van der Waals surface area contributed by atoms with Crippen LogP contribution < -0.4 is 0 Å². The van der Waals surface area contributed by atoms with Crippen LogP contribution in [0.4, 0.5) is 0 Å². The van der Waals surface area contributed by atoms with Crippen LogP contribution >= 0.6 is 12.6 Å². The minimum absolute atomic E-state index is 0.0760. The number of rotatable bonds is 9. The first-order valence-corrected chi connectivity index (χ1v) is 6.56. The number of hydrogen-bond donors (Lipinski definition) is 1. The van der Waals surface area contributed by atoms with Crippen LogP contribution in [0.25, 0.3) is 0 Å². The fourth-order valence-corrected chi connectivity index (χ4v) is 1.47. The van der Waals surface area contributed by atoms with E-state index >= 15 is 0 Å². The molecule has 0 amide bonds. The highest BCUT2D eigenvalue weighted by Crippen LogP contribution is 2.08. The van der Waals surface area contributed by atoms with Gasteiger partial charge in [-0.15, -0.1) is 0 Å². The Balaban J connectivity index is 3.13. The topological polar surface area (TPSA) is 26.3 Å². The molecule has 15 heavy (non-hydrogen) atoms. The summed E-state index contributed by atoms with van der Waals surface area (Å²) in [5, 5.41) is 0. The van der Waals surface area contributed by atoms with Crippen LogP contribution in [0.1, 0.15) is 52.4 Å². The summed E-state index contributed by atoms with van der Waals surface area (Å²) in [6.45, 7) is 5.05. The minimum atomic E-state index is -0.0760. The van der Waals surface area contributed by atoms with E-state index in [0.29, 0.717) is 13.0 Å². The Hall–Kier alpha value is -0.180. The lowest BCUT2D eigenvalue weighted by molar-refractivity contribution is -0.143. The van der Waals surface area contributed by atoms with Gasteiger partial charge in [0.05, 0.1) is 6.61 Å². The van der Waals surface area contributed by atoms with Gasteiger partial charge in [-0.2, -0.15) is 12.6 Å². The lowest BCUT2D eigenvalue weighted by atomic mass is 10.1.